The first kappa shape index (κ1) is 19.3. The molecule has 0 bridgehead atoms. The Morgan fingerprint density at radius 2 is 1.78 bits per heavy atom. The van der Waals surface area contributed by atoms with Crippen LogP contribution in [0.15, 0.2) is 53.4 Å². The number of para-hydroxylation sites is 2. The second-order valence-corrected chi connectivity index (χ2v) is 8.10. The largest absolute Gasteiger partial charge is 0.378 e. The van der Waals surface area contributed by atoms with Crippen LogP contribution in [-0.4, -0.2) is 27.0 Å². The van der Waals surface area contributed by atoms with Crippen molar-refractivity contribution in [2.45, 2.75) is 30.8 Å². The normalized spacial score (nSPS) is 20.1. The zero-order chi connectivity index (χ0) is 19.4. The lowest BCUT2D eigenvalue weighted by molar-refractivity contribution is -0.127. The van der Waals surface area contributed by atoms with E-state index in [1.54, 1.807) is 24.3 Å². The maximum Gasteiger partial charge on any atom is 0.261 e. The topological polar surface area (TPSA) is 84.5 Å². The highest BCUT2D eigenvalue weighted by atomic mass is 32.2. The van der Waals surface area contributed by atoms with Crippen LogP contribution >= 0.6 is 0 Å². The number of anilines is 2. The van der Waals surface area contributed by atoms with Crippen LogP contribution in [-0.2, 0) is 19.6 Å². The van der Waals surface area contributed by atoms with Crippen molar-refractivity contribution >= 4 is 27.3 Å². The summed E-state index contributed by atoms with van der Waals surface area (Å²) < 4.78 is 46.1. The molecular formula is C19H21FN2O4S. The van der Waals surface area contributed by atoms with Gasteiger partial charge in [-0.05, 0) is 56.2 Å². The van der Waals surface area contributed by atoms with E-state index in [2.05, 4.69) is 10.0 Å². The summed E-state index contributed by atoms with van der Waals surface area (Å²) in [4.78, 5) is 12.5. The Bertz CT molecular complexity index is 916. The van der Waals surface area contributed by atoms with Crippen LogP contribution in [0.4, 0.5) is 15.8 Å². The van der Waals surface area contributed by atoms with Crippen LogP contribution in [0.3, 0.4) is 0 Å². The molecular weight excluding hydrogens is 371 g/mol. The minimum absolute atomic E-state index is 0.0701. The standard InChI is InChI=1S/C19H21FN2O4S/c1-13-16(5-4-12-26-13)19(23)21-17-6-2-3-7-18(17)22-27(24,25)15-10-8-14(20)9-11-15/h2-3,6-11,13,16,22H,4-5,12H2,1H3,(H,21,23). The van der Waals surface area contributed by atoms with E-state index in [0.717, 1.165) is 25.0 Å². The lowest BCUT2D eigenvalue weighted by Gasteiger charge is -2.28. The van der Waals surface area contributed by atoms with Crippen molar-refractivity contribution in [3.8, 4) is 0 Å². The van der Waals surface area contributed by atoms with Crippen LogP contribution in [0.25, 0.3) is 0 Å². The monoisotopic (exact) mass is 392 g/mol. The molecule has 1 fully saturated rings. The molecule has 27 heavy (non-hydrogen) atoms. The average Bonchev–Trinajstić information content (AvgIpc) is 2.64. The lowest BCUT2D eigenvalue weighted by Crippen LogP contribution is -2.36. The SMILES string of the molecule is CC1OCCCC1C(=O)Nc1ccccc1NS(=O)(=O)c1ccc(F)cc1. The van der Waals surface area contributed by atoms with Crippen LogP contribution in [0.2, 0.25) is 0 Å². The molecule has 2 aromatic rings. The van der Waals surface area contributed by atoms with Gasteiger partial charge >= 0.3 is 0 Å². The molecule has 1 amide bonds. The Hall–Kier alpha value is -2.45. The Morgan fingerprint density at radius 3 is 2.44 bits per heavy atom. The average molecular weight is 392 g/mol. The van der Waals surface area contributed by atoms with E-state index in [1.165, 1.54) is 12.1 Å². The minimum Gasteiger partial charge on any atom is -0.378 e. The molecule has 6 nitrogen and oxygen atoms in total. The smallest absolute Gasteiger partial charge is 0.261 e. The van der Waals surface area contributed by atoms with Crippen molar-refractivity contribution in [3.63, 3.8) is 0 Å². The predicted octanol–water partition coefficient (Wildman–Crippen LogP) is 3.38. The van der Waals surface area contributed by atoms with Crippen molar-refractivity contribution in [1.29, 1.82) is 0 Å². The molecule has 2 unspecified atom stereocenters. The molecule has 0 radical (unpaired) electrons. The molecule has 1 aliphatic heterocycles. The number of sulfonamides is 1. The van der Waals surface area contributed by atoms with Crippen LogP contribution in [0.1, 0.15) is 19.8 Å². The van der Waals surface area contributed by atoms with Crippen LogP contribution in [0, 0.1) is 11.7 Å². The zero-order valence-corrected chi connectivity index (χ0v) is 15.6. The van der Waals surface area contributed by atoms with E-state index in [9.17, 15) is 17.6 Å². The highest BCUT2D eigenvalue weighted by Crippen LogP contribution is 2.27. The van der Waals surface area contributed by atoms with Gasteiger partial charge in [-0.2, -0.15) is 0 Å². The maximum absolute atomic E-state index is 13.0. The molecule has 8 heteroatoms. The molecule has 2 N–H and O–H groups in total. The molecule has 2 aromatic carbocycles. The Labute approximate surface area is 157 Å². The molecule has 0 spiro atoms. The van der Waals surface area contributed by atoms with Gasteiger partial charge in [0, 0.05) is 6.61 Å². The van der Waals surface area contributed by atoms with Crippen molar-refractivity contribution in [2.75, 3.05) is 16.6 Å². The summed E-state index contributed by atoms with van der Waals surface area (Å²) in [6.45, 7) is 2.49. The molecule has 1 heterocycles. The molecule has 1 aliphatic rings. The number of rotatable bonds is 5. The third-order valence-corrected chi connectivity index (χ3v) is 5.88. The number of hydrogen-bond donors (Lipinski definition) is 2. The van der Waals surface area contributed by atoms with E-state index >= 15 is 0 Å². The van der Waals surface area contributed by atoms with E-state index in [1.807, 2.05) is 6.92 Å². The summed E-state index contributed by atoms with van der Waals surface area (Å²) in [6.07, 6.45) is 1.33. The number of hydrogen-bond acceptors (Lipinski definition) is 4. The summed E-state index contributed by atoms with van der Waals surface area (Å²) in [5, 5.41) is 2.79. The minimum atomic E-state index is -3.92. The molecule has 3 rings (SSSR count). The fourth-order valence-corrected chi connectivity index (χ4v) is 4.07. The van der Waals surface area contributed by atoms with E-state index in [-0.39, 0.29) is 28.5 Å². The Morgan fingerprint density at radius 1 is 1.11 bits per heavy atom. The number of ether oxygens (including phenoxy) is 1. The van der Waals surface area contributed by atoms with E-state index in [0.29, 0.717) is 12.3 Å². The van der Waals surface area contributed by atoms with Gasteiger partial charge in [0.15, 0.2) is 0 Å². The molecule has 0 saturated carbocycles. The van der Waals surface area contributed by atoms with Gasteiger partial charge in [0.1, 0.15) is 5.82 Å². The van der Waals surface area contributed by atoms with Crippen molar-refractivity contribution in [1.82, 2.24) is 0 Å². The van der Waals surface area contributed by atoms with Gasteiger partial charge < -0.3 is 10.1 Å². The first-order valence-electron chi connectivity index (χ1n) is 8.67. The summed E-state index contributed by atoms with van der Waals surface area (Å²) in [6, 6.07) is 11.0. The van der Waals surface area contributed by atoms with Gasteiger partial charge in [0.2, 0.25) is 5.91 Å². The van der Waals surface area contributed by atoms with E-state index in [4.69, 9.17) is 4.74 Å². The van der Waals surface area contributed by atoms with Crippen LogP contribution in [0.5, 0.6) is 0 Å². The number of carbonyl (C=O) groups is 1. The highest BCUT2D eigenvalue weighted by Gasteiger charge is 2.29. The van der Waals surface area contributed by atoms with Crippen LogP contribution < -0.4 is 10.0 Å². The highest BCUT2D eigenvalue weighted by molar-refractivity contribution is 7.92. The number of amides is 1. The molecule has 1 saturated heterocycles. The lowest BCUT2D eigenvalue weighted by atomic mass is 9.94. The second-order valence-electron chi connectivity index (χ2n) is 6.42. The quantitative estimate of drug-likeness (QED) is 0.817. The third kappa shape index (κ3) is 4.64. The molecule has 144 valence electrons. The van der Waals surface area contributed by atoms with Gasteiger partial charge in [0.05, 0.1) is 28.3 Å². The molecule has 0 aliphatic carbocycles. The van der Waals surface area contributed by atoms with Crippen molar-refractivity contribution < 1.29 is 22.3 Å². The van der Waals surface area contributed by atoms with Gasteiger partial charge in [-0.1, -0.05) is 12.1 Å². The Balaban J connectivity index is 1.79. The van der Waals surface area contributed by atoms with Gasteiger partial charge in [0.25, 0.3) is 10.0 Å². The summed E-state index contributed by atoms with van der Waals surface area (Å²) in [5.41, 5.74) is 0.588. The molecule has 0 aromatic heterocycles. The number of halogens is 1. The Kier molecular flexibility index (Phi) is 5.76. The fraction of sp³-hybridized carbons (Fsp3) is 0.316. The first-order chi connectivity index (χ1) is 12.9. The summed E-state index contributed by atoms with van der Waals surface area (Å²) in [5.74, 6) is -1.03. The predicted molar refractivity (Wildman–Crippen MR) is 100 cm³/mol. The molecule has 2 atom stereocenters. The van der Waals surface area contributed by atoms with Crippen molar-refractivity contribution in [3.05, 3.63) is 54.3 Å². The summed E-state index contributed by atoms with van der Waals surface area (Å²) >= 11 is 0. The first-order valence-corrected chi connectivity index (χ1v) is 10.1. The van der Waals surface area contributed by atoms with Gasteiger partial charge in [-0.15, -0.1) is 0 Å². The fourth-order valence-electron chi connectivity index (χ4n) is 2.99. The van der Waals surface area contributed by atoms with E-state index < -0.39 is 15.8 Å². The summed E-state index contributed by atoms with van der Waals surface area (Å²) in [7, 11) is -3.92. The second kappa shape index (κ2) is 8.06. The number of carbonyl (C=O) groups excluding carboxylic acids is 1. The maximum atomic E-state index is 13.0. The number of nitrogens with one attached hydrogen (secondary N) is 2. The number of benzene rings is 2. The third-order valence-electron chi connectivity index (χ3n) is 4.50. The van der Waals surface area contributed by atoms with Gasteiger partial charge in [-0.25, -0.2) is 12.8 Å². The zero-order valence-electron chi connectivity index (χ0n) is 14.8. The van der Waals surface area contributed by atoms with Crippen molar-refractivity contribution in [2.24, 2.45) is 5.92 Å². The van der Waals surface area contributed by atoms with Gasteiger partial charge in [-0.3, -0.25) is 9.52 Å².